The monoisotopic (exact) mass is 733 g/mol. The highest BCUT2D eigenvalue weighted by Gasteiger charge is 2.30. The van der Waals surface area contributed by atoms with E-state index in [1.165, 1.54) is 0 Å². The van der Waals surface area contributed by atoms with Gasteiger partial charge in [0.25, 0.3) is 5.91 Å². The molecule has 2 aliphatic rings. The normalized spacial score (nSPS) is 19.1. The van der Waals surface area contributed by atoms with E-state index in [1.807, 2.05) is 60.7 Å². The molecule has 1 heterocycles. The van der Waals surface area contributed by atoms with E-state index in [0.29, 0.717) is 49.0 Å². The molecular weight excluding hydrogens is 694 g/mol. The first-order valence-corrected chi connectivity index (χ1v) is 18.3. The molecule has 2 unspecified atom stereocenters. The fourth-order valence-electron chi connectivity index (χ4n) is 6.13. The van der Waals surface area contributed by atoms with Crippen molar-refractivity contribution in [3.8, 4) is 0 Å². The van der Waals surface area contributed by atoms with Crippen molar-refractivity contribution >= 4 is 54.2 Å². The fourth-order valence-corrected chi connectivity index (χ4v) is 9.20. The summed E-state index contributed by atoms with van der Waals surface area (Å²) in [4.78, 5) is 13.9. The summed E-state index contributed by atoms with van der Waals surface area (Å²) in [6.45, 7) is 1.41. The average molecular weight is 736 g/mol. The number of aliphatic hydroxyl groups excluding tert-OH is 1. The number of anilines is 1. The molecule has 5 rings (SSSR count). The van der Waals surface area contributed by atoms with E-state index < -0.39 is 22.9 Å². The van der Waals surface area contributed by atoms with Crippen molar-refractivity contribution in [1.82, 2.24) is 10.6 Å². The number of nitrogens with zero attached hydrogens (tertiary/aromatic N) is 1. The predicted molar refractivity (Wildman–Crippen MR) is 183 cm³/mol. The number of rotatable bonds is 11. The van der Waals surface area contributed by atoms with Crippen LogP contribution in [0, 0.1) is 0 Å². The summed E-state index contributed by atoms with van der Waals surface area (Å²) in [7, 11) is -2.93. The van der Waals surface area contributed by atoms with E-state index in [2.05, 4.69) is 42.5 Å². The van der Waals surface area contributed by atoms with Gasteiger partial charge in [-0.3, -0.25) is 18.2 Å². The zero-order chi connectivity index (χ0) is 30.4. The van der Waals surface area contributed by atoms with Crippen LogP contribution >= 0.6 is 42.6 Å². The highest BCUT2D eigenvalue weighted by Crippen LogP contribution is 2.50. The van der Waals surface area contributed by atoms with Gasteiger partial charge in [-0.15, -0.1) is 10.8 Å². The number of halogens is 2. The zero-order valence-corrected chi connectivity index (χ0v) is 28.2. The summed E-state index contributed by atoms with van der Waals surface area (Å²) in [5.41, 5.74) is 4.33. The smallest absolute Gasteiger partial charge is 0.251 e. The first-order chi connectivity index (χ1) is 20.7. The lowest BCUT2D eigenvalue weighted by Gasteiger charge is -2.47. The predicted octanol–water partition coefficient (Wildman–Crippen LogP) is 7.63. The summed E-state index contributed by atoms with van der Waals surface area (Å²) < 4.78 is 25.4. The van der Waals surface area contributed by atoms with Crippen molar-refractivity contribution in [2.24, 2.45) is 0 Å². The molecule has 0 bridgehead atoms. The number of hydrogen-bond donors (Lipinski definition) is 5. The highest BCUT2D eigenvalue weighted by atomic mass is 79.9. The molecule has 1 aliphatic heterocycles. The molecule has 5 N–H and O–H groups in total. The molecule has 0 radical (unpaired) electrons. The molecule has 0 aromatic heterocycles. The maximum Gasteiger partial charge on any atom is 0.251 e. The molecular formula is C33H41Br2N3O4S. The Balaban J connectivity index is 1.36. The van der Waals surface area contributed by atoms with E-state index in [1.54, 1.807) is 10.4 Å². The fraction of sp³-hybridized carbons (Fsp3) is 0.424. The van der Waals surface area contributed by atoms with Gasteiger partial charge >= 0.3 is 0 Å². The van der Waals surface area contributed by atoms with E-state index in [0.717, 1.165) is 64.2 Å². The molecule has 1 amide bonds. The Labute approximate surface area is 273 Å². The van der Waals surface area contributed by atoms with E-state index in [4.69, 9.17) is 0 Å². The Morgan fingerprint density at radius 3 is 2.35 bits per heavy atom. The van der Waals surface area contributed by atoms with E-state index in [-0.39, 0.29) is 5.91 Å². The second-order valence-corrected chi connectivity index (χ2v) is 15.6. The Morgan fingerprint density at radius 1 is 0.930 bits per heavy atom. The van der Waals surface area contributed by atoms with Gasteiger partial charge in [-0.25, -0.2) is 0 Å². The molecule has 7 nitrogen and oxygen atoms in total. The van der Waals surface area contributed by atoms with Crippen LogP contribution in [0.25, 0.3) is 0 Å². The van der Waals surface area contributed by atoms with Gasteiger partial charge in [-0.05, 0) is 91.1 Å². The summed E-state index contributed by atoms with van der Waals surface area (Å²) in [6.07, 6.45) is 5.73. The third-order valence-electron chi connectivity index (χ3n) is 8.38. The van der Waals surface area contributed by atoms with Gasteiger partial charge in [0, 0.05) is 34.1 Å². The summed E-state index contributed by atoms with van der Waals surface area (Å²) >= 11 is 7.04. The van der Waals surface area contributed by atoms with Crippen LogP contribution in [0.3, 0.4) is 0 Å². The number of aliphatic hydroxyl groups is 1. The average Bonchev–Trinajstić information content (AvgIpc) is 3.52. The topological polar surface area (TPSA) is 105 Å². The highest BCUT2D eigenvalue weighted by molar-refractivity contribution is 9.11. The molecule has 2 fully saturated rings. The van der Waals surface area contributed by atoms with Crippen LogP contribution in [0.2, 0.25) is 0 Å². The minimum absolute atomic E-state index is 0.273. The maximum atomic E-state index is 13.9. The van der Waals surface area contributed by atoms with Gasteiger partial charge in [0.2, 0.25) is 0 Å². The molecule has 232 valence electrons. The van der Waals surface area contributed by atoms with Gasteiger partial charge in [0.05, 0.1) is 23.6 Å². The zero-order valence-electron chi connectivity index (χ0n) is 24.2. The Kier molecular flexibility index (Phi) is 11.3. The molecule has 1 saturated heterocycles. The van der Waals surface area contributed by atoms with Crippen LogP contribution in [0.5, 0.6) is 0 Å². The first kappa shape index (κ1) is 32.5. The van der Waals surface area contributed by atoms with Crippen molar-refractivity contribution in [1.29, 1.82) is 0 Å². The van der Waals surface area contributed by atoms with Gasteiger partial charge in [-0.2, -0.15) is 0 Å². The number of nitrogens with one attached hydrogen (secondary N) is 2. The molecule has 3 aromatic carbocycles. The Morgan fingerprint density at radius 2 is 1.65 bits per heavy atom. The minimum Gasteiger partial charge on any atom is -0.390 e. The lowest BCUT2D eigenvalue weighted by molar-refractivity contribution is 0.0830. The van der Waals surface area contributed by atoms with Crippen molar-refractivity contribution in [2.45, 2.75) is 69.6 Å². The van der Waals surface area contributed by atoms with Crippen molar-refractivity contribution in [2.75, 3.05) is 23.1 Å². The van der Waals surface area contributed by atoms with Crippen LogP contribution in [-0.2, 0) is 13.0 Å². The Bertz CT molecular complexity index is 1370. The third-order valence-corrected chi connectivity index (χ3v) is 11.2. The van der Waals surface area contributed by atoms with Crippen LogP contribution in [0.15, 0.2) is 75.7 Å². The number of carbonyl (C=O) groups excluding carboxylic acids is 1. The van der Waals surface area contributed by atoms with Crippen LogP contribution in [0.4, 0.5) is 5.69 Å². The van der Waals surface area contributed by atoms with Gasteiger partial charge in [-0.1, -0.05) is 75.0 Å². The summed E-state index contributed by atoms with van der Waals surface area (Å²) in [5.74, 6) is 0.425. The quantitative estimate of drug-likeness (QED) is 0.139. The lowest BCUT2D eigenvalue weighted by Crippen LogP contribution is -2.48. The van der Waals surface area contributed by atoms with Gasteiger partial charge < -0.3 is 15.7 Å². The largest absolute Gasteiger partial charge is 0.390 e. The summed E-state index contributed by atoms with van der Waals surface area (Å²) in [6, 6.07) is 21.1. The number of benzene rings is 3. The second kappa shape index (κ2) is 14.9. The van der Waals surface area contributed by atoms with Crippen LogP contribution in [-0.4, -0.2) is 51.1 Å². The molecule has 0 spiro atoms. The summed E-state index contributed by atoms with van der Waals surface area (Å²) in [5, 5.41) is 17.8. The van der Waals surface area contributed by atoms with Crippen molar-refractivity contribution < 1.29 is 19.0 Å². The van der Waals surface area contributed by atoms with Crippen LogP contribution in [0.1, 0.15) is 71.5 Å². The van der Waals surface area contributed by atoms with E-state index >= 15 is 0 Å². The lowest BCUT2D eigenvalue weighted by atomic mass is 9.94. The van der Waals surface area contributed by atoms with Gasteiger partial charge in [0.1, 0.15) is 0 Å². The molecule has 3 aromatic rings. The standard InChI is InChI=1S/C33H41Br2N3O4S/c34-28-14-24(15-29(35)20-28)21-36-22-32(39)31(16-23-8-2-1-3-9-23)37-33(40)27-17-26(25-10-4-5-11-25)18-30(19-27)38-12-6-7-13-43(38,41)42/h1-3,8-9,14-15,17-20,25,31-32,36,39,41-42H,4-7,10-13,16,21-22H2,(H,37,40). The second-order valence-electron chi connectivity index (χ2n) is 11.7. The number of amides is 1. The number of carbonyl (C=O) groups is 1. The van der Waals surface area contributed by atoms with Gasteiger partial charge in [0.15, 0.2) is 0 Å². The SMILES string of the molecule is O=C(NC(Cc1ccccc1)C(O)CNCc1cc(Br)cc(Br)c1)c1cc(C2CCCC2)cc(N2CCCCS2(O)O)c1. The molecule has 1 saturated carbocycles. The van der Waals surface area contributed by atoms with E-state index in [9.17, 15) is 19.0 Å². The molecule has 1 aliphatic carbocycles. The van der Waals surface area contributed by atoms with Crippen molar-refractivity contribution in [3.63, 3.8) is 0 Å². The Hall–Kier alpha value is -1.92. The van der Waals surface area contributed by atoms with Crippen molar-refractivity contribution in [3.05, 3.63) is 97.9 Å². The molecule has 10 heteroatoms. The van der Waals surface area contributed by atoms with Crippen LogP contribution < -0.4 is 14.9 Å². The maximum absolute atomic E-state index is 13.9. The minimum atomic E-state index is -2.93. The number of hydrogen-bond acceptors (Lipinski definition) is 6. The molecule has 2 atom stereocenters. The first-order valence-electron chi connectivity index (χ1n) is 15.0. The third kappa shape index (κ3) is 8.84. The molecule has 43 heavy (non-hydrogen) atoms.